The number of aliphatic hydroxyl groups is 1. The average Bonchev–Trinajstić information content (AvgIpc) is 3.36. The van der Waals surface area contributed by atoms with Crippen molar-refractivity contribution >= 4 is 22.9 Å². The van der Waals surface area contributed by atoms with Gasteiger partial charge in [0.1, 0.15) is 11.7 Å². The molecule has 1 radical (unpaired) electrons. The Hall–Kier alpha value is -2.23. The molecule has 0 spiro atoms. The fraction of sp³-hybridized carbons (Fsp3) is 0.520. The maximum atomic E-state index is 15.4. The molecule has 3 atom stereocenters. The molecule has 197 valence electrons. The van der Waals surface area contributed by atoms with E-state index >= 15 is 4.39 Å². The summed E-state index contributed by atoms with van der Waals surface area (Å²) in [7, 11) is 0. The van der Waals surface area contributed by atoms with E-state index in [0.717, 1.165) is 12.0 Å². The maximum absolute atomic E-state index is 15.4. The number of anilines is 2. The van der Waals surface area contributed by atoms with Gasteiger partial charge < -0.3 is 24.6 Å². The van der Waals surface area contributed by atoms with Gasteiger partial charge in [-0.05, 0) is 63.8 Å². The van der Waals surface area contributed by atoms with Crippen molar-refractivity contribution in [1.82, 2.24) is 19.5 Å². The number of rotatable bonds is 5. The molecular formula is C25H31F2N6O2Rh-. The number of nitrogens with one attached hydrogen (secondary N) is 1. The Balaban J connectivity index is 0.00000304. The number of hydrogen-bond acceptors (Lipinski definition) is 7. The number of imidazole rings is 1. The van der Waals surface area contributed by atoms with E-state index in [-0.39, 0.29) is 43.6 Å². The van der Waals surface area contributed by atoms with Crippen LogP contribution >= 0.6 is 0 Å². The standard InChI is InChI=1S/C25H31F2N6O2.Rh/c1-14(2)33-20-10-16(9-18(27)23(20)31-25(33)32-7-6-17(26)12-32)22-15(3)11-28-24(30-22)29-19-5-4-8-35-13-21(19)34;/h9-11,13-14,17,19,21,34H,4-8,12H2,1-3H3,(H,28,29,30);/q-1;/t17-,19?,21+;/m0./s1. The Morgan fingerprint density at radius 1 is 1.25 bits per heavy atom. The summed E-state index contributed by atoms with van der Waals surface area (Å²) in [6.45, 7) is 8.70. The van der Waals surface area contributed by atoms with E-state index in [4.69, 9.17) is 4.74 Å². The number of aromatic nitrogens is 4. The van der Waals surface area contributed by atoms with Crippen LogP contribution in [0.4, 0.5) is 20.7 Å². The van der Waals surface area contributed by atoms with Crippen molar-refractivity contribution in [2.75, 3.05) is 29.9 Å². The summed E-state index contributed by atoms with van der Waals surface area (Å²) in [6.07, 6.45) is 1.96. The van der Waals surface area contributed by atoms with Crippen molar-refractivity contribution in [2.24, 2.45) is 0 Å². The van der Waals surface area contributed by atoms with Crippen molar-refractivity contribution < 1.29 is 38.1 Å². The van der Waals surface area contributed by atoms with E-state index in [1.54, 1.807) is 6.20 Å². The van der Waals surface area contributed by atoms with Crippen LogP contribution in [0, 0.1) is 19.3 Å². The molecule has 0 bridgehead atoms. The van der Waals surface area contributed by atoms with E-state index in [2.05, 4.69) is 20.3 Å². The van der Waals surface area contributed by atoms with E-state index < -0.39 is 18.1 Å². The van der Waals surface area contributed by atoms with Crippen molar-refractivity contribution in [2.45, 2.75) is 64.4 Å². The van der Waals surface area contributed by atoms with Crippen LogP contribution in [0.1, 0.15) is 44.7 Å². The molecule has 4 heterocycles. The van der Waals surface area contributed by atoms with E-state index in [0.29, 0.717) is 54.7 Å². The fourth-order valence-electron chi connectivity index (χ4n) is 4.85. The van der Waals surface area contributed by atoms with Gasteiger partial charge in [-0.3, -0.25) is 0 Å². The molecule has 0 amide bonds. The maximum Gasteiger partial charge on any atom is 0.223 e. The Morgan fingerprint density at radius 3 is 2.78 bits per heavy atom. The molecule has 8 nitrogen and oxygen atoms in total. The first-order valence-corrected chi connectivity index (χ1v) is 12.2. The molecular weight excluding hydrogens is 557 g/mol. The number of ether oxygens (including phenoxy) is 1. The number of fused-ring (bicyclic) bond motifs is 1. The molecule has 2 fully saturated rings. The molecule has 2 aromatic heterocycles. The molecule has 36 heavy (non-hydrogen) atoms. The van der Waals surface area contributed by atoms with E-state index in [9.17, 15) is 9.50 Å². The van der Waals surface area contributed by atoms with Crippen LogP contribution in [0.2, 0.25) is 0 Å². The fourth-order valence-corrected chi connectivity index (χ4v) is 4.85. The van der Waals surface area contributed by atoms with Crippen LogP contribution in [0.5, 0.6) is 0 Å². The molecule has 1 unspecified atom stereocenters. The summed E-state index contributed by atoms with van der Waals surface area (Å²) in [5.74, 6) is 0.496. The summed E-state index contributed by atoms with van der Waals surface area (Å²) in [5.41, 5.74) is 2.90. The smallest absolute Gasteiger partial charge is 0.223 e. The van der Waals surface area contributed by atoms with Gasteiger partial charge in [0.15, 0.2) is 5.82 Å². The molecule has 0 aliphatic carbocycles. The van der Waals surface area contributed by atoms with Gasteiger partial charge in [0, 0.05) is 56.5 Å². The first-order chi connectivity index (χ1) is 16.8. The third-order valence-corrected chi connectivity index (χ3v) is 6.64. The molecule has 3 aromatic rings. The summed E-state index contributed by atoms with van der Waals surface area (Å²) >= 11 is 0. The minimum atomic E-state index is -0.901. The molecule has 1 aromatic carbocycles. The molecule has 11 heteroatoms. The van der Waals surface area contributed by atoms with Gasteiger partial charge in [0.05, 0.1) is 17.8 Å². The van der Waals surface area contributed by atoms with Gasteiger partial charge in [0.2, 0.25) is 11.9 Å². The molecule has 2 N–H and O–H groups in total. The number of nitrogens with zero attached hydrogens (tertiary/aromatic N) is 5. The largest absolute Gasteiger partial charge is 0.549 e. The molecule has 2 aliphatic rings. The summed E-state index contributed by atoms with van der Waals surface area (Å²) in [5, 5.41) is 13.5. The number of benzene rings is 1. The Kier molecular flexibility index (Phi) is 8.22. The van der Waals surface area contributed by atoms with Crippen molar-refractivity contribution in [1.29, 1.82) is 0 Å². The average molecular weight is 588 g/mol. The Labute approximate surface area is 222 Å². The zero-order valence-corrected chi connectivity index (χ0v) is 22.2. The van der Waals surface area contributed by atoms with Crippen molar-refractivity contribution in [3.05, 3.63) is 36.3 Å². The third-order valence-electron chi connectivity index (χ3n) is 6.64. The minimum absolute atomic E-state index is 0. The van der Waals surface area contributed by atoms with Crippen molar-refractivity contribution in [3.63, 3.8) is 0 Å². The molecule has 2 aliphatic heterocycles. The second-order valence-electron chi connectivity index (χ2n) is 9.65. The van der Waals surface area contributed by atoms with Gasteiger partial charge in [-0.2, -0.15) is 6.61 Å². The van der Waals surface area contributed by atoms with Gasteiger partial charge in [-0.1, -0.05) is 0 Å². The number of aryl methyl sites for hydroxylation is 1. The Bertz CT molecular complexity index is 1220. The minimum Gasteiger partial charge on any atom is -0.549 e. The number of halogens is 2. The van der Waals surface area contributed by atoms with E-state index in [1.807, 2.05) is 36.3 Å². The van der Waals surface area contributed by atoms with Crippen LogP contribution in [-0.4, -0.2) is 62.6 Å². The van der Waals surface area contributed by atoms with Gasteiger partial charge >= 0.3 is 0 Å². The van der Waals surface area contributed by atoms with Crippen LogP contribution < -0.4 is 10.2 Å². The van der Waals surface area contributed by atoms with E-state index in [1.165, 1.54) is 12.7 Å². The molecule has 5 rings (SSSR count). The summed E-state index contributed by atoms with van der Waals surface area (Å²) in [4.78, 5) is 15.5. The zero-order valence-electron chi connectivity index (χ0n) is 20.5. The quantitative estimate of drug-likeness (QED) is 0.342. The first kappa shape index (κ1) is 26.8. The molecule has 0 saturated carbocycles. The van der Waals surface area contributed by atoms with Crippen molar-refractivity contribution in [3.8, 4) is 11.3 Å². The van der Waals surface area contributed by atoms with Gasteiger partial charge in [0.25, 0.3) is 0 Å². The monoisotopic (exact) mass is 588 g/mol. The summed E-state index contributed by atoms with van der Waals surface area (Å²) < 4.78 is 36.5. The number of hydrogen-bond donors (Lipinski definition) is 2. The van der Waals surface area contributed by atoms with Gasteiger partial charge in [-0.15, -0.1) is 0 Å². The number of alkyl halides is 1. The molecule has 2 saturated heterocycles. The van der Waals surface area contributed by atoms with Crippen LogP contribution in [-0.2, 0) is 24.2 Å². The SMILES string of the molecule is Cc1cnc(NC2CCCO[CH-][C@H]2O)nc1-c1cc(F)c2nc(N3CC[C@H](F)C3)n(C(C)C)c2c1.[Rh]. The third kappa shape index (κ3) is 5.24. The second kappa shape index (κ2) is 11.0. The van der Waals surface area contributed by atoms with Crippen LogP contribution in [0.15, 0.2) is 18.3 Å². The predicted molar refractivity (Wildman–Crippen MR) is 130 cm³/mol. The normalized spacial score (nSPS) is 22.6. The van der Waals surface area contributed by atoms with Gasteiger partial charge in [-0.25, -0.2) is 23.7 Å². The number of aliphatic hydroxyl groups excluding tert-OH is 1. The predicted octanol–water partition coefficient (Wildman–Crippen LogP) is 4.18. The topological polar surface area (TPSA) is 88.3 Å². The summed E-state index contributed by atoms with van der Waals surface area (Å²) in [6, 6.07) is 3.05. The Morgan fingerprint density at radius 2 is 2.06 bits per heavy atom. The van der Waals surface area contributed by atoms with Crippen LogP contribution in [0.25, 0.3) is 22.3 Å². The second-order valence-corrected chi connectivity index (χ2v) is 9.65. The first-order valence-electron chi connectivity index (χ1n) is 12.2. The zero-order chi connectivity index (χ0) is 24.7. The van der Waals surface area contributed by atoms with Crippen LogP contribution in [0.3, 0.4) is 0 Å².